The van der Waals surface area contributed by atoms with E-state index in [4.69, 9.17) is 4.99 Å². The SMILES string of the molecule is CCSC1=NN2C(=c3cc(Br)ccc3=NC2c2ccc(F)cc2)C(=O)N1. The van der Waals surface area contributed by atoms with Crippen molar-refractivity contribution in [1.29, 1.82) is 0 Å². The van der Waals surface area contributed by atoms with Crippen molar-refractivity contribution in [2.75, 3.05) is 5.75 Å². The summed E-state index contributed by atoms with van der Waals surface area (Å²) >= 11 is 4.89. The lowest BCUT2D eigenvalue weighted by Gasteiger charge is -2.34. The lowest BCUT2D eigenvalue weighted by molar-refractivity contribution is -0.116. The third-order valence-corrected chi connectivity index (χ3v) is 5.26. The van der Waals surface area contributed by atoms with Gasteiger partial charge < -0.3 is 0 Å². The molecule has 4 rings (SSSR count). The minimum Gasteiger partial charge on any atom is -0.298 e. The first kappa shape index (κ1) is 17.2. The number of carbonyl (C=O) groups is 1. The number of amidine groups is 1. The molecule has 2 aromatic rings. The maximum Gasteiger partial charge on any atom is 0.276 e. The highest BCUT2D eigenvalue weighted by Crippen LogP contribution is 2.30. The van der Waals surface area contributed by atoms with Gasteiger partial charge in [0.15, 0.2) is 11.3 Å². The Morgan fingerprint density at radius 3 is 2.77 bits per heavy atom. The molecule has 8 heteroatoms. The fraction of sp³-hybridized carbons (Fsp3) is 0.167. The number of amides is 1. The van der Waals surface area contributed by atoms with Crippen LogP contribution in [0.5, 0.6) is 0 Å². The third-order valence-electron chi connectivity index (χ3n) is 4.02. The van der Waals surface area contributed by atoms with Gasteiger partial charge in [-0.05, 0) is 41.6 Å². The highest BCUT2D eigenvalue weighted by molar-refractivity contribution is 9.10. The Bertz CT molecular complexity index is 1040. The summed E-state index contributed by atoms with van der Waals surface area (Å²) in [5.41, 5.74) is 1.20. The van der Waals surface area contributed by atoms with Gasteiger partial charge in [-0.1, -0.05) is 46.7 Å². The average Bonchev–Trinajstić information content (AvgIpc) is 2.62. The molecule has 2 heterocycles. The van der Waals surface area contributed by atoms with Gasteiger partial charge in [-0.3, -0.25) is 15.1 Å². The molecule has 5 nitrogen and oxygen atoms in total. The van der Waals surface area contributed by atoms with E-state index in [-0.39, 0.29) is 11.7 Å². The summed E-state index contributed by atoms with van der Waals surface area (Å²) in [7, 11) is 0. The second kappa shape index (κ2) is 6.85. The van der Waals surface area contributed by atoms with Crippen molar-refractivity contribution < 1.29 is 9.18 Å². The van der Waals surface area contributed by atoms with Crippen LogP contribution in [0.25, 0.3) is 5.70 Å². The van der Waals surface area contributed by atoms with Gasteiger partial charge >= 0.3 is 0 Å². The molecule has 132 valence electrons. The van der Waals surface area contributed by atoms with Crippen molar-refractivity contribution in [2.24, 2.45) is 10.1 Å². The Morgan fingerprint density at radius 2 is 2.04 bits per heavy atom. The molecule has 1 unspecified atom stereocenters. The first-order chi connectivity index (χ1) is 12.6. The molecule has 1 atom stereocenters. The van der Waals surface area contributed by atoms with Crippen LogP contribution in [0.4, 0.5) is 4.39 Å². The normalized spacial score (nSPS) is 18.5. The van der Waals surface area contributed by atoms with E-state index in [1.165, 1.54) is 23.9 Å². The number of carbonyl (C=O) groups excluding carboxylic acids is 1. The maximum atomic E-state index is 13.3. The summed E-state index contributed by atoms with van der Waals surface area (Å²) < 4.78 is 14.2. The molecule has 2 aliphatic rings. The van der Waals surface area contributed by atoms with Crippen LogP contribution in [-0.4, -0.2) is 21.8 Å². The molecular weight excluding hydrogens is 419 g/mol. The van der Waals surface area contributed by atoms with Crippen LogP contribution in [0.3, 0.4) is 0 Å². The molecule has 0 radical (unpaired) electrons. The molecule has 26 heavy (non-hydrogen) atoms. The Labute approximate surface area is 161 Å². The minimum absolute atomic E-state index is 0.225. The number of rotatable bonds is 2. The van der Waals surface area contributed by atoms with E-state index in [0.29, 0.717) is 21.4 Å². The molecule has 0 fully saturated rings. The molecule has 0 bridgehead atoms. The van der Waals surface area contributed by atoms with Crippen LogP contribution in [0.15, 0.2) is 57.0 Å². The van der Waals surface area contributed by atoms with Crippen LogP contribution in [0.1, 0.15) is 18.7 Å². The first-order valence-corrected chi connectivity index (χ1v) is 9.80. The Morgan fingerprint density at radius 1 is 1.27 bits per heavy atom. The topological polar surface area (TPSA) is 57.1 Å². The standard InChI is InChI=1S/C18H14BrFN4OS/c1-2-26-18-22-17(25)15-13-9-11(19)5-8-14(13)21-16(24(15)23-18)10-3-6-12(20)7-4-10/h3-9,16H,2H2,1H3,(H,22,23,25). The van der Waals surface area contributed by atoms with E-state index < -0.39 is 6.17 Å². The first-order valence-electron chi connectivity index (χ1n) is 8.02. The van der Waals surface area contributed by atoms with Crippen LogP contribution in [-0.2, 0) is 4.79 Å². The molecule has 0 saturated carbocycles. The summed E-state index contributed by atoms with van der Waals surface area (Å²) in [6.45, 7) is 1.99. The number of nitrogens with one attached hydrogen (secondary N) is 1. The van der Waals surface area contributed by atoms with Crippen LogP contribution in [0.2, 0.25) is 0 Å². The molecular formula is C18H14BrFN4OS. The summed E-state index contributed by atoms with van der Waals surface area (Å²) in [6.07, 6.45) is -0.530. The average molecular weight is 433 g/mol. The molecule has 0 aromatic heterocycles. The van der Waals surface area contributed by atoms with Gasteiger partial charge in [-0.15, -0.1) is 5.10 Å². The highest BCUT2D eigenvalue weighted by atomic mass is 79.9. The lowest BCUT2D eigenvalue weighted by atomic mass is 10.1. The summed E-state index contributed by atoms with van der Waals surface area (Å²) in [4.78, 5) is 17.6. The third kappa shape index (κ3) is 3.03. The maximum absolute atomic E-state index is 13.3. The fourth-order valence-corrected chi connectivity index (χ4v) is 3.85. The zero-order valence-corrected chi connectivity index (χ0v) is 16.1. The Kier molecular flexibility index (Phi) is 4.54. The Hall–Kier alpha value is -2.19. The van der Waals surface area contributed by atoms with Gasteiger partial charge in [0.05, 0.1) is 5.36 Å². The number of hydrogen-bond acceptors (Lipinski definition) is 5. The van der Waals surface area contributed by atoms with E-state index in [2.05, 4.69) is 26.3 Å². The molecule has 2 aromatic carbocycles. The molecule has 0 spiro atoms. The van der Waals surface area contributed by atoms with Crippen molar-refractivity contribution >= 4 is 44.5 Å². The van der Waals surface area contributed by atoms with Crippen LogP contribution in [0, 0.1) is 5.82 Å². The summed E-state index contributed by atoms with van der Waals surface area (Å²) in [5.74, 6) is 0.237. The monoisotopic (exact) mass is 432 g/mol. The molecule has 1 amide bonds. The van der Waals surface area contributed by atoms with Crippen molar-refractivity contribution in [3.63, 3.8) is 0 Å². The number of hydrazone groups is 1. The van der Waals surface area contributed by atoms with Gasteiger partial charge in [0.1, 0.15) is 11.5 Å². The number of fused-ring (bicyclic) bond motifs is 2. The van der Waals surface area contributed by atoms with Crippen molar-refractivity contribution in [3.05, 3.63) is 68.9 Å². The number of hydrogen-bond donors (Lipinski definition) is 1. The van der Waals surface area contributed by atoms with Crippen LogP contribution < -0.4 is 15.9 Å². The van der Waals surface area contributed by atoms with Crippen LogP contribution >= 0.6 is 27.7 Å². The number of thioether (sulfide) groups is 1. The zero-order chi connectivity index (χ0) is 18.3. The van der Waals surface area contributed by atoms with Crippen molar-refractivity contribution in [2.45, 2.75) is 13.1 Å². The number of benzene rings is 2. The summed E-state index contributed by atoms with van der Waals surface area (Å²) in [5, 5.41) is 11.0. The molecule has 0 saturated heterocycles. The second-order valence-electron chi connectivity index (χ2n) is 5.70. The number of nitrogens with zero attached hydrogens (tertiary/aromatic N) is 3. The van der Waals surface area contributed by atoms with Gasteiger partial charge in [0, 0.05) is 9.69 Å². The summed E-state index contributed by atoms with van der Waals surface area (Å²) in [6, 6.07) is 11.7. The predicted octanol–water partition coefficient (Wildman–Crippen LogP) is 2.48. The van der Waals surface area contributed by atoms with Crippen molar-refractivity contribution in [1.82, 2.24) is 10.3 Å². The van der Waals surface area contributed by atoms with E-state index in [9.17, 15) is 9.18 Å². The lowest BCUT2D eigenvalue weighted by Crippen LogP contribution is -2.50. The largest absolute Gasteiger partial charge is 0.298 e. The Balaban J connectivity index is 1.96. The molecule has 0 aliphatic carbocycles. The minimum atomic E-state index is -0.530. The smallest absolute Gasteiger partial charge is 0.276 e. The molecule has 2 aliphatic heterocycles. The van der Waals surface area contributed by atoms with Gasteiger partial charge in [0.2, 0.25) is 0 Å². The number of halogens is 2. The predicted molar refractivity (Wildman–Crippen MR) is 103 cm³/mol. The van der Waals surface area contributed by atoms with E-state index in [1.54, 1.807) is 17.1 Å². The van der Waals surface area contributed by atoms with E-state index in [0.717, 1.165) is 15.8 Å². The van der Waals surface area contributed by atoms with Gasteiger partial charge in [-0.2, -0.15) is 0 Å². The highest BCUT2D eigenvalue weighted by Gasteiger charge is 2.34. The second-order valence-corrected chi connectivity index (χ2v) is 7.87. The van der Waals surface area contributed by atoms with E-state index in [1.807, 2.05) is 25.1 Å². The van der Waals surface area contributed by atoms with Gasteiger partial charge in [0.25, 0.3) is 5.91 Å². The quantitative estimate of drug-likeness (QED) is 0.792. The fourth-order valence-electron chi connectivity index (χ4n) is 2.91. The molecule has 1 N–H and O–H groups in total. The zero-order valence-electron chi connectivity index (χ0n) is 13.7. The van der Waals surface area contributed by atoms with Crippen molar-refractivity contribution in [3.8, 4) is 0 Å². The van der Waals surface area contributed by atoms with E-state index >= 15 is 0 Å². The van der Waals surface area contributed by atoms with Gasteiger partial charge in [-0.25, -0.2) is 9.40 Å².